The van der Waals surface area contributed by atoms with Crippen LogP contribution in [0.1, 0.15) is 31.9 Å². The van der Waals surface area contributed by atoms with Gasteiger partial charge in [0.2, 0.25) is 0 Å². The van der Waals surface area contributed by atoms with Crippen molar-refractivity contribution in [3.63, 3.8) is 0 Å². The molecule has 108 valence electrons. The molecule has 0 aliphatic heterocycles. The number of carbonyl (C=O) groups is 2. The van der Waals surface area contributed by atoms with Crippen molar-refractivity contribution in [3.8, 4) is 5.75 Å². The van der Waals surface area contributed by atoms with Crippen LogP contribution in [-0.4, -0.2) is 23.8 Å². The first-order valence-corrected chi connectivity index (χ1v) is 6.78. The Morgan fingerprint density at radius 1 is 1.50 bits per heavy atom. The Balaban J connectivity index is 1.87. The third-order valence-electron chi connectivity index (χ3n) is 3.65. The fraction of sp³-hybridized carbons (Fsp3) is 0.533. The van der Waals surface area contributed by atoms with Crippen molar-refractivity contribution in [3.05, 3.63) is 24.0 Å². The highest BCUT2D eigenvalue weighted by Gasteiger charge is 2.30. The molecule has 1 saturated carbocycles. The van der Waals surface area contributed by atoms with Crippen LogP contribution in [0.3, 0.4) is 0 Å². The fourth-order valence-electron chi connectivity index (χ4n) is 2.38. The Labute approximate surface area is 118 Å². The number of rotatable bonds is 4. The summed E-state index contributed by atoms with van der Waals surface area (Å²) < 4.78 is 10.4. The summed E-state index contributed by atoms with van der Waals surface area (Å²) >= 11 is 0. The lowest BCUT2D eigenvalue weighted by molar-refractivity contribution is -0.152. The summed E-state index contributed by atoms with van der Waals surface area (Å²) in [6.45, 7) is 2.00. The molecular weight excluding hydrogens is 258 g/mol. The Kier molecular flexibility index (Phi) is 4.71. The van der Waals surface area contributed by atoms with Crippen molar-refractivity contribution in [1.29, 1.82) is 0 Å². The van der Waals surface area contributed by atoms with Gasteiger partial charge in [-0.1, -0.05) is 6.92 Å². The minimum absolute atomic E-state index is 0.0451. The van der Waals surface area contributed by atoms with Gasteiger partial charge in [-0.25, -0.2) is 0 Å². The maximum atomic E-state index is 12.0. The number of aromatic nitrogens is 1. The van der Waals surface area contributed by atoms with Crippen molar-refractivity contribution in [2.45, 2.75) is 32.8 Å². The van der Waals surface area contributed by atoms with Gasteiger partial charge in [-0.2, -0.15) is 0 Å². The molecule has 0 N–H and O–H groups in total. The van der Waals surface area contributed by atoms with Crippen LogP contribution in [0.4, 0.5) is 0 Å². The minimum atomic E-state index is -0.242. The molecule has 1 aromatic heterocycles. The zero-order valence-corrected chi connectivity index (χ0v) is 11.8. The first kappa shape index (κ1) is 14.5. The van der Waals surface area contributed by atoms with E-state index in [1.165, 1.54) is 0 Å². The number of hydrogen-bond acceptors (Lipinski definition) is 5. The number of pyridine rings is 1. The van der Waals surface area contributed by atoms with Crippen LogP contribution in [-0.2, 0) is 20.9 Å². The molecule has 0 spiro atoms. The quantitative estimate of drug-likeness (QED) is 0.789. The maximum absolute atomic E-state index is 12.0. The summed E-state index contributed by atoms with van der Waals surface area (Å²) in [4.78, 5) is 27.5. The number of methoxy groups -OCH3 is 1. The highest BCUT2D eigenvalue weighted by molar-refractivity contribution is 5.84. The van der Waals surface area contributed by atoms with Gasteiger partial charge in [0.25, 0.3) is 0 Å². The van der Waals surface area contributed by atoms with E-state index < -0.39 is 0 Å². The summed E-state index contributed by atoms with van der Waals surface area (Å²) in [6.07, 6.45) is 3.26. The predicted molar refractivity (Wildman–Crippen MR) is 72.1 cm³/mol. The van der Waals surface area contributed by atoms with E-state index in [1.54, 1.807) is 25.4 Å². The standard InChI is InChI=1S/C15H19NO4/c1-10-7-11(3-4-14(10)17)15(18)20-9-12-8-13(19-2)5-6-16-12/h5-6,8,10-11H,3-4,7,9H2,1-2H3. The number of ether oxygens (including phenoxy) is 2. The Bertz CT molecular complexity index is 500. The number of nitrogens with zero attached hydrogens (tertiary/aromatic N) is 1. The molecule has 5 heteroatoms. The van der Waals surface area contributed by atoms with E-state index in [4.69, 9.17) is 9.47 Å². The van der Waals surface area contributed by atoms with Gasteiger partial charge in [0, 0.05) is 24.6 Å². The summed E-state index contributed by atoms with van der Waals surface area (Å²) in [7, 11) is 1.57. The molecule has 1 heterocycles. The molecule has 1 aliphatic rings. The molecule has 0 amide bonds. The Morgan fingerprint density at radius 3 is 3.00 bits per heavy atom. The van der Waals surface area contributed by atoms with Gasteiger partial charge in [-0.15, -0.1) is 0 Å². The Hall–Kier alpha value is -1.91. The monoisotopic (exact) mass is 277 g/mol. The molecule has 0 aromatic carbocycles. The second kappa shape index (κ2) is 6.50. The normalized spacial score (nSPS) is 22.4. The molecule has 2 unspecified atom stereocenters. The second-order valence-electron chi connectivity index (χ2n) is 5.13. The van der Waals surface area contributed by atoms with E-state index in [9.17, 15) is 9.59 Å². The van der Waals surface area contributed by atoms with Gasteiger partial charge in [0.05, 0.1) is 18.7 Å². The van der Waals surface area contributed by atoms with Gasteiger partial charge in [-0.3, -0.25) is 14.6 Å². The van der Waals surface area contributed by atoms with Crippen molar-refractivity contribution >= 4 is 11.8 Å². The van der Waals surface area contributed by atoms with Gasteiger partial charge in [0.15, 0.2) is 0 Å². The van der Waals surface area contributed by atoms with E-state index in [1.807, 2.05) is 6.92 Å². The highest BCUT2D eigenvalue weighted by atomic mass is 16.5. The molecule has 5 nitrogen and oxygen atoms in total. The van der Waals surface area contributed by atoms with Crippen molar-refractivity contribution in [2.75, 3.05) is 7.11 Å². The molecule has 2 atom stereocenters. The van der Waals surface area contributed by atoms with Crippen LogP contribution in [0.25, 0.3) is 0 Å². The largest absolute Gasteiger partial charge is 0.497 e. The Morgan fingerprint density at radius 2 is 2.30 bits per heavy atom. The lowest BCUT2D eigenvalue weighted by atomic mass is 9.81. The topological polar surface area (TPSA) is 65.5 Å². The second-order valence-corrected chi connectivity index (χ2v) is 5.13. The molecule has 0 radical (unpaired) electrons. The molecule has 1 fully saturated rings. The first-order chi connectivity index (χ1) is 9.60. The average molecular weight is 277 g/mol. The zero-order chi connectivity index (χ0) is 14.5. The van der Waals surface area contributed by atoms with Crippen molar-refractivity contribution < 1.29 is 19.1 Å². The molecule has 0 bridgehead atoms. The SMILES string of the molecule is COc1ccnc(COC(=O)C2CCC(=O)C(C)C2)c1. The lowest BCUT2D eigenvalue weighted by Crippen LogP contribution is -2.28. The third kappa shape index (κ3) is 3.56. The summed E-state index contributed by atoms with van der Waals surface area (Å²) in [6, 6.07) is 3.47. The lowest BCUT2D eigenvalue weighted by Gasteiger charge is -2.24. The summed E-state index contributed by atoms with van der Waals surface area (Å²) in [5, 5.41) is 0. The average Bonchev–Trinajstić information content (AvgIpc) is 2.47. The van der Waals surface area contributed by atoms with Gasteiger partial charge < -0.3 is 9.47 Å². The van der Waals surface area contributed by atoms with E-state index in [0.717, 1.165) is 0 Å². The van der Waals surface area contributed by atoms with Crippen LogP contribution >= 0.6 is 0 Å². The van der Waals surface area contributed by atoms with E-state index in [0.29, 0.717) is 30.7 Å². The highest BCUT2D eigenvalue weighted by Crippen LogP contribution is 2.27. The predicted octanol–water partition coefficient (Wildman–Crippen LogP) is 2.14. The van der Waals surface area contributed by atoms with Crippen LogP contribution in [0.2, 0.25) is 0 Å². The van der Waals surface area contributed by atoms with Gasteiger partial charge in [0.1, 0.15) is 18.1 Å². The number of Topliss-reactive ketones (excluding diaryl/α,β-unsaturated/α-hetero) is 1. The van der Waals surface area contributed by atoms with E-state index in [2.05, 4.69) is 4.98 Å². The third-order valence-corrected chi connectivity index (χ3v) is 3.65. The summed E-state index contributed by atoms with van der Waals surface area (Å²) in [5.41, 5.74) is 0.651. The van der Waals surface area contributed by atoms with Crippen LogP contribution in [0.15, 0.2) is 18.3 Å². The first-order valence-electron chi connectivity index (χ1n) is 6.78. The van der Waals surface area contributed by atoms with Gasteiger partial charge >= 0.3 is 5.97 Å². The van der Waals surface area contributed by atoms with Crippen molar-refractivity contribution in [1.82, 2.24) is 4.98 Å². The van der Waals surface area contributed by atoms with Crippen LogP contribution in [0, 0.1) is 11.8 Å². The number of hydrogen-bond donors (Lipinski definition) is 0. The number of carbonyl (C=O) groups excluding carboxylic acids is 2. The molecule has 20 heavy (non-hydrogen) atoms. The van der Waals surface area contributed by atoms with E-state index >= 15 is 0 Å². The molecular formula is C15H19NO4. The smallest absolute Gasteiger partial charge is 0.309 e. The fourth-order valence-corrected chi connectivity index (χ4v) is 2.38. The van der Waals surface area contributed by atoms with Gasteiger partial charge in [-0.05, 0) is 18.9 Å². The maximum Gasteiger partial charge on any atom is 0.309 e. The van der Waals surface area contributed by atoms with Crippen LogP contribution in [0.5, 0.6) is 5.75 Å². The van der Waals surface area contributed by atoms with Crippen LogP contribution < -0.4 is 4.74 Å². The summed E-state index contributed by atoms with van der Waals surface area (Å²) in [5.74, 6) is 0.463. The molecule has 0 saturated heterocycles. The molecule has 1 aliphatic carbocycles. The minimum Gasteiger partial charge on any atom is -0.497 e. The number of esters is 1. The zero-order valence-electron chi connectivity index (χ0n) is 11.8. The molecule has 1 aromatic rings. The molecule has 2 rings (SSSR count). The number of ketones is 1. The van der Waals surface area contributed by atoms with E-state index in [-0.39, 0.29) is 30.2 Å². The van der Waals surface area contributed by atoms with Crippen molar-refractivity contribution in [2.24, 2.45) is 11.8 Å².